The second-order valence-electron chi connectivity index (χ2n) is 8.20. The summed E-state index contributed by atoms with van der Waals surface area (Å²) in [6.07, 6.45) is -7.64. The number of hydrogen-bond donors (Lipinski definition) is 0. The Bertz CT molecular complexity index is 1310. The fourth-order valence-electron chi connectivity index (χ4n) is 4.17. The number of pyridine rings is 1. The predicted molar refractivity (Wildman–Crippen MR) is 116 cm³/mol. The molecule has 1 aliphatic carbocycles. The standard InChI is InChI=1S/C26H19F6NO3/c27-25(28,29)17-9-10-22(36-14-15-5-2-1-3-6-15)20(12-17)19-8-4-7-18(19)16-11-21(24(34)35)23(33-13-16)26(30,31)32/h1-3,5-6,9-13H,4,7-8,14H2,(H,34,35)/p-1. The fraction of sp³-hybridized carbons (Fsp3) is 0.231. The SMILES string of the molecule is O=C([O-])c1cc(C2=C(c3cc(C(F)(F)F)ccc3OCc3ccccc3)CCC2)cnc1C(F)(F)F. The number of hydrogen-bond acceptors (Lipinski definition) is 4. The normalized spacial score (nSPS) is 14.3. The number of nitrogens with zero attached hydrogens (tertiary/aromatic N) is 1. The molecule has 4 rings (SSSR count). The number of carbonyl (C=O) groups excluding carboxylic acids is 1. The molecule has 1 aromatic heterocycles. The number of alkyl halides is 6. The van der Waals surface area contributed by atoms with E-state index in [2.05, 4.69) is 4.98 Å². The van der Waals surface area contributed by atoms with Crippen molar-refractivity contribution in [1.82, 2.24) is 4.98 Å². The van der Waals surface area contributed by atoms with Gasteiger partial charge in [0.15, 0.2) is 5.69 Å². The van der Waals surface area contributed by atoms with Crippen LogP contribution < -0.4 is 9.84 Å². The third kappa shape index (κ3) is 5.37. The van der Waals surface area contributed by atoms with Gasteiger partial charge in [-0.05, 0) is 65.8 Å². The molecule has 0 fully saturated rings. The molecule has 0 amide bonds. The van der Waals surface area contributed by atoms with Gasteiger partial charge in [0.1, 0.15) is 12.4 Å². The van der Waals surface area contributed by atoms with Gasteiger partial charge in [-0.1, -0.05) is 30.3 Å². The summed E-state index contributed by atoms with van der Waals surface area (Å²) < 4.78 is 86.0. The number of aromatic nitrogens is 1. The maximum atomic E-state index is 13.5. The number of allylic oxidation sites excluding steroid dienone is 2. The van der Waals surface area contributed by atoms with E-state index < -0.39 is 35.1 Å². The van der Waals surface area contributed by atoms with Crippen LogP contribution in [0.5, 0.6) is 5.75 Å². The van der Waals surface area contributed by atoms with Crippen molar-refractivity contribution in [2.24, 2.45) is 0 Å². The lowest BCUT2D eigenvalue weighted by atomic mass is 9.94. The summed E-state index contributed by atoms with van der Waals surface area (Å²) in [5, 5.41) is 11.4. The van der Waals surface area contributed by atoms with Crippen LogP contribution >= 0.6 is 0 Å². The Balaban J connectivity index is 1.82. The number of rotatable bonds is 6. The van der Waals surface area contributed by atoms with E-state index in [0.29, 0.717) is 30.4 Å². The van der Waals surface area contributed by atoms with Gasteiger partial charge in [-0.3, -0.25) is 4.98 Å². The van der Waals surface area contributed by atoms with E-state index in [1.165, 1.54) is 6.07 Å². The van der Waals surface area contributed by atoms with Crippen molar-refractivity contribution >= 4 is 17.1 Å². The average molecular weight is 506 g/mol. The lowest BCUT2D eigenvalue weighted by molar-refractivity contribution is -0.255. The first-order valence-electron chi connectivity index (χ1n) is 10.8. The Kier molecular flexibility index (Phi) is 6.79. The highest BCUT2D eigenvalue weighted by Crippen LogP contribution is 2.45. The van der Waals surface area contributed by atoms with Gasteiger partial charge in [-0.2, -0.15) is 26.3 Å². The molecule has 10 heteroatoms. The maximum absolute atomic E-state index is 13.5. The van der Waals surface area contributed by atoms with Gasteiger partial charge in [0.2, 0.25) is 0 Å². The van der Waals surface area contributed by atoms with Crippen molar-refractivity contribution in [3.8, 4) is 5.75 Å². The minimum Gasteiger partial charge on any atom is -0.545 e. The Hall–Kier alpha value is -3.82. The van der Waals surface area contributed by atoms with E-state index in [1.807, 2.05) is 6.07 Å². The molecule has 4 nitrogen and oxygen atoms in total. The molecule has 0 spiro atoms. The molecule has 0 radical (unpaired) electrons. The Morgan fingerprint density at radius 1 is 0.917 bits per heavy atom. The average Bonchev–Trinajstić information content (AvgIpc) is 3.31. The van der Waals surface area contributed by atoms with Crippen molar-refractivity contribution in [2.75, 3.05) is 0 Å². The largest absolute Gasteiger partial charge is 0.545 e. The number of carboxylic acids is 1. The van der Waals surface area contributed by atoms with Gasteiger partial charge in [-0.25, -0.2) is 0 Å². The van der Waals surface area contributed by atoms with Crippen molar-refractivity contribution < 1.29 is 41.0 Å². The maximum Gasteiger partial charge on any atom is 0.433 e. The monoisotopic (exact) mass is 506 g/mol. The van der Waals surface area contributed by atoms with Crippen LogP contribution in [-0.2, 0) is 19.0 Å². The topological polar surface area (TPSA) is 62.2 Å². The van der Waals surface area contributed by atoms with E-state index in [4.69, 9.17) is 4.74 Å². The predicted octanol–water partition coefficient (Wildman–Crippen LogP) is 6.16. The molecule has 0 atom stereocenters. The minimum atomic E-state index is -5.01. The number of carboxylic acid groups (broad SMARTS) is 1. The number of carbonyl (C=O) groups is 1. The molecule has 0 N–H and O–H groups in total. The molecule has 3 aromatic rings. The summed E-state index contributed by atoms with van der Waals surface area (Å²) in [4.78, 5) is 14.7. The summed E-state index contributed by atoms with van der Waals surface area (Å²) in [7, 11) is 0. The van der Waals surface area contributed by atoms with Gasteiger partial charge in [0.25, 0.3) is 0 Å². The summed E-state index contributed by atoms with van der Waals surface area (Å²) >= 11 is 0. The van der Waals surface area contributed by atoms with Crippen molar-refractivity contribution in [3.63, 3.8) is 0 Å². The molecular weight excluding hydrogens is 488 g/mol. The zero-order chi connectivity index (χ0) is 26.1. The van der Waals surface area contributed by atoms with Crippen molar-refractivity contribution in [1.29, 1.82) is 0 Å². The number of benzene rings is 2. The third-order valence-corrected chi connectivity index (χ3v) is 5.81. The van der Waals surface area contributed by atoms with Gasteiger partial charge in [0, 0.05) is 17.3 Å². The summed E-state index contributed by atoms with van der Waals surface area (Å²) in [5.74, 6) is -1.89. The second-order valence-corrected chi connectivity index (χ2v) is 8.20. The molecule has 36 heavy (non-hydrogen) atoms. The minimum absolute atomic E-state index is 0.0705. The van der Waals surface area contributed by atoms with Crippen LogP contribution in [0.2, 0.25) is 0 Å². The smallest absolute Gasteiger partial charge is 0.433 e. The molecule has 0 unspecified atom stereocenters. The molecule has 2 aromatic carbocycles. The van der Waals surface area contributed by atoms with E-state index in [0.717, 1.165) is 30.0 Å². The molecule has 0 saturated carbocycles. The highest BCUT2D eigenvalue weighted by Gasteiger charge is 2.36. The fourth-order valence-corrected chi connectivity index (χ4v) is 4.17. The number of ether oxygens (including phenoxy) is 1. The van der Waals surface area contributed by atoms with E-state index in [9.17, 15) is 36.2 Å². The Morgan fingerprint density at radius 3 is 2.25 bits per heavy atom. The summed E-state index contributed by atoms with van der Waals surface area (Å²) in [5.41, 5.74) is -1.82. The molecule has 0 aliphatic heterocycles. The van der Waals surface area contributed by atoms with Crippen LogP contribution in [0.4, 0.5) is 26.3 Å². The zero-order valence-electron chi connectivity index (χ0n) is 18.5. The van der Waals surface area contributed by atoms with Crippen LogP contribution in [0, 0.1) is 0 Å². The van der Waals surface area contributed by atoms with Gasteiger partial charge < -0.3 is 14.6 Å². The molecular formula is C26H18F6NO3-. The zero-order valence-corrected chi connectivity index (χ0v) is 18.5. The molecule has 0 bridgehead atoms. The summed E-state index contributed by atoms with van der Waals surface area (Å²) in [6, 6.07) is 12.8. The first-order valence-corrected chi connectivity index (χ1v) is 10.8. The van der Waals surface area contributed by atoms with Crippen LogP contribution in [0.25, 0.3) is 11.1 Å². The van der Waals surface area contributed by atoms with Crippen molar-refractivity contribution in [2.45, 2.75) is 38.2 Å². The van der Waals surface area contributed by atoms with Gasteiger partial charge >= 0.3 is 12.4 Å². The second kappa shape index (κ2) is 9.67. The number of aromatic carboxylic acids is 1. The van der Waals surface area contributed by atoms with Gasteiger partial charge in [0.05, 0.1) is 11.5 Å². The molecule has 1 aliphatic rings. The highest BCUT2D eigenvalue weighted by atomic mass is 19.4. The van der Waals surface area contributed by atoms with E-state index >= 15 is 0 Å². The Labute approximate surface area is 201 Å². The highest BCUT2D eigenvalue weighted by molar-refractivity contribution is 5.96. The molecule has 1 heterocycles. The first-order chi connectivity index (χ1) is 16.9. The van der Waals surface area contributed by atoms with Crippen LogP contribution in [0.1, 0.15) is 57.6 Å². The first kappa shape index (κ1) is 25.3. The lowest BCUT2D eigenvalue weighted by Crippen LogP contribution is -2.27. The van der Waals surface area contributed by atoms with E-state index in [1.54, 1.807) is 24.3 Å². The van der Waals surface area contributed by atoms with Crippen molar-refractivity contribution in [3.05, 3.63) is 94.3 Å². The number of halogens is 6. The lowest BCUT2D eigenvalue weighted by Gasteiger charge is -2.18. The third-order valence-electron chi connectivity index (χ3n) is 5.81. The summed E-state index contributed by atoms with van der Waals surface area (Å²) in [6.45, 7) is 0.0818. The van der Waals surface area contributed by atoms with Crippen LogP contribution in [-0.4, -0.2) is 11.0 Å². The molecule has 188 valence electrons. The Morgan fingerprint density at radius 2 is 1.61 bits per heavy atom. The quantitative estimate of drug-likeness (QED) is 0.376. The van der Waals surface area contributed by atoms with Crippen LogP contribution in [0.3, 0.4) is 0 Å². The van der Waals surface area contributed by atoms with E-state index in [-0.39, 0.29) is 23.5 Å². The molecule has 0 saturated heterocycles. The van der Waals surface area contributed by atoms with Gasteiger partial charge in [-0.15, -0.1) is 0 Å². The van der Waals surface area contributed by atoms with Crippen LogP contribution in [0.15, 0.2) is 60.8 Å².